The number of rotatable bonds is 5. The van der Waals surface area contributed by atoms with E-state index in [0.717, 1.165) is 0 Å². The van der Waals surface area contributed by atoms with E-state index < -0.39 is 42.4 Å². The maximum Gasteiger partial charge on any atom is 0.303 e. The van der Waals surface area contributed by atoms with Crippen LogP contribution in [0.5, 0.6) is 5.88 Å². The first-order valence-electron chi connectivity index (χ1n) is 7.13. The molecule has 1 aromatic heterocycles. The van der Waals surface area contributed by atoms with Gasteiger partial charge in [-0.1, -0.05) is 0 Å². The van der Waals surface area contributed by atoms with Gasteiger partial charge in [-0.05, 0) is 0 Å². The monoisotopic (exact) mass is 342 g/mol. The van der Waals surface area contributed by atoms with E-state index in [1.54, 1.807) is 0 Å². The molecule has 1 saturated heterocycles. The van der Waals surface area contributed by atoms with Crippen LogP contribution >= 0.6 is 0 Å². The van der Waals surface area contributed by atoms with Gasteiger partial charge in [0.1, 0.15) is 12.7 Å². The van der Waals surface area contributed by atoms with Crippen molar-refractivity contribution in [1.82, 2.24) is 9.55 Å². The molecule has 0 radical (unpaired) electrons. The van der Waals surface area contributed by atoms with E-state index in [4.69, 9.17) is 18.9 Å². The van der Waals surface area contributed by atoms with Crippen LogP contribution in [-0.2, 0) is 33.3 Å². The highest BCUT2D eigenvalue weighted by molar-refractivity contribution is 5.68. The Morgan fingerprint density at radius 3 is 2.29 bits per heavy atom. The molecule has 1 N–H and O–H groups in total. The standard InChI is InChI=1S/C14H18N2O8/c1-7(17)21-5-10-12(22-8(2)18)13(23-9(3)19)14(24-10)16-6-15-4-11(16)20/h4,6,10,12-14,20H,5H2,1-3H3/t10-,12-,13-,14-/m1/s1. The Hall–Kier alpha value is -2.62. The van der Waals surface area contributed by atoms with E-state index in [2.05, 4.69) is 4.98 Å². The minimum atomic E-state index is -1.05. The summed E-state index contributed by atoms with van der Waals surface area (Å²) in [4.78, 5) is 37.6. The van der Waals surface area contributed by atoms with E-state index in [0.29, 0.717) is 0 Å². The summed E-state index contributed by atoms with van der Waals surface area (Å²) < 4.78 is 22.2. The molecule has 0 saturated carbocycles. The highest BCUT2D eigenvalue weighted by atomic mass is 16.7. The molecule has 1 aromatic rings. The third-order valence-corrected chi connectivity index (χ3v) is 3.26. The summed E-state index contributed by atoms with van der Waals surface area (Å²) in [5, 5.41) is 9.82. The average Bonchev–Trinajstić information content (AvgIpc) is 3.01. The van der Waals surface area contributed by atoms with Crippen molar-refractivity contribution in [2.75, 3.05) is 6.61 Å². The SMILES string of the molecule is CC(=O)OC[C@H]1O[C@@H](n2cncc2O)[C@H](OC(C)=O)[C@@H]1OC(C)=O. The zero-order chi connectivity index (χ0) is 17.9. The Morgan fingerprint density at radius 1 is 1.17 bits per heavy atom. The van der Waals surface area contributed by atoms with Crippen LogP contribution in [0.3, 0.4) is 0 Å². The molecule has 10 nitrogen and oxygen atoms in total. The predicted molar refractivity (Wildman–Crippen MR) is 75.5 cm³/mol. The topological polar surface area (TPSA) is 126 Å². The zero-order valence-corrected chi connectivity index (χ0v) is 13.4. The van der Waals surface area contributed by atoms with Gasteiger partial charge in [-0.25, -0.2) is 4.98 Å². The zero-order valence-electron chi connectivity index (χ0n) is 13.4. The Morgan fingerprint density at radius 2 is 1.79 bits per heavy atom. The van der Waals surface area contributed by atoms with Gasteiger partial charge in [-0.3, -0.25) is 19.0 Å². The fraction of sp³-hybridized carbons (Fsp3) is 0.571. The molecule has 1 aliphatic rings. The Kier molecular flexibility index (Phi) is 5.39. The van der Waals surface area contributed by atoms with Crippen LogP contribution in [0.25, 0.3) is 0 Å². The predicted octanol–water partition coefficient (Wildman–Crippen LogP) is -0.0874. The number of imidazole rings is 1. The van der Waals surface area contributed by atoms with Gasteiger partial charge in [0.2, 0.25) is 5.88 Å². The summed E-state index contributed by atoms with van der Waals surface area (Å²) >= 11 is 0. The van der Waals surface area contributed by atoms with E-state index >= 15 is 0 Å². The van der Waals surface area contributed by atoms with Gasteiger partial charge in [0.15, 0.2) is 18.4 Å². The lowest BCUT2D eigenvalue weighted by atomic mass is 10.1. The van der Waals surface area contributed by atoms with Crippen molar-refractivity contribution < 1.29 is 38.4 Å². The molecule has 0 spiro atoms. The van der Waals surface area contributed by atoms with Crippen molar-refractivity contribution >= 4 is 17.9 Å². The highest BCUT2D eigenvalue weighted by Gasteiger charge is 2.51. The number of carbonyl (C=O) groups excluding carboxylic acids is 3. The molecule has 0 aliphatic carbocycles. The van der Waals surface area contributed by atoms with Crippen molar-refractivity contribution in [3.05, 3.63) is 12.5 Å². The maximum absolute atomic E-state index is 11.4. The Labute approximate surface area is 137 Å². The van der Waals surface area contributed by atoms with Gasteiger partial charge in [0.25, 0.3) is 0 Å². The van der Waals surface area contributed by atoms with Crippen molar-refractivity contribution in [1.29, 1.82) is 0 Å². The van der Waals surface area contributed by atoms with E-state index in [1.807, 2.05) is 0 Å². The first kappa shape index (κ1) is 17.7. The smallest absolute Gasteiger partial charge is 0.303 e. The minimum absolute atomic E-state index is 0.211. The number of hydrogen-bond acceptors (Lipinski definition) is 9. The Balaban J connectivity index is 2.31. The molecule has 1 aliphatic heterocycles. The number of hydrogen-bond donors (Lipinski definition) is 1. The molecule has 2 rings (SSSR count). The summed E-state index contributed by atoms with van der Waals surface area (Å²) in [6.07, 6.45) is -1.50. The molecule has 1 fully saturated rings. The van der Waals surface area contributed by atoms with E-state index in [-0.39, 0.29) is 12.5 Å². The number of ether oxygens (including phenoxy) is 4. The molecule has 132 valence electrons. The molecular weight excluding hydrogens is 324 g/mol. The van der Waals surface area contributed by atoms with Crippen LogP contribution in [0.15, 0.2) is 12.5 Å². The summed E-state index contributed by atoms with van der Waals surface area (Å²) in [7, 11) is 0. The fourth-order valence-corrected chi connectivity index (χ4v) is 2.41. The van der Waals surface area contributed by atoms with E-state index in [9.17, 15) is 19.5 Å². The van der Waals surface area contributed by atoms with Gasteiger partial charge >= 0.3 is 17.9 Å². The molecule has 4 atom stereocenters. The third-order valence-electron chi connectivity index (χ3n) is 3.26. The minimum Gasteiger partial charge on any atom is -0.493 e. The van der Waals surface area contributed by atoms with Gasteiger partial charge in [-0.2, -0.15) is 0 Å². The highest BCUT2D eigenvalue weighted by Crippen LogP contribution is 2.36. The Bertz CT molecular complexity index is 628. The first-order chi connectivity index (χ1) is 11.3. The van der Waals surface area contributed by atoms with E-state index in [1.165, 1.54) is 37.9 Å². The van der Waals surface area contributed by atoms with Gasteiger partial charge in [-0.15, -0.1) is 0 Å². The number of esters is 3. The number of aromatic hydroxyl groups is 1. The van der Waals surface area contributed by atoms with Gasteiger partial charge in [0, 0.05) is 20.8 Å². The normalized spacial score (nSPS) is 26.0. The fourth-order valence-electron chi connectivity index (χ4n) is 2.41. The summed E-state index contributed by atoms with van der Waals surface area (Å²) in [6, 6.07) is 0. The summed E-state index contributed by atoms with van der Waals surface area (Å²) in [5.74, 6) is -2.02. The lowest BCUT2D eigenvalue weighted by Gasteiger charge is -2.23. The van der Waals surface area contributed by atoms with Gasteiger partial charge in [0.05, 0.1) is 12.5 Å². The van der Waals surface area contributed by atoms with Crippen molar-refractivity contribution in [3.8, 4) is 5.88 Å². The maximum atomic E-state index is 11.4. The second kappa shape index (κ2) is 7.30. The molecule has 0 amide bonds. The molecule has 0 bridgehead atoms. The molecule has 0 aromatic carbocycles. The molecule has 0 unspecified atom stereocenters. The van der Waals surface area contributed by atoms with Crippen LogP contribution in [0.1, 0.15) is 27.0 Å². The summed E-state index contributed by atoms with van der Waals surface area (Å²) in [6.45, 7) is 3.39. The summed E-state index contributed by atoms with van der Waals surface area (Å²) in [5.41, 5.74) is 0. The number of carbonyl (C=O) groups is 3. The lowest BCUT2D eigenvalue weighted by Crippen LogP contribution is -2.40. The second-order valence-corrected chi connectivity index (χ2v) is 5.17. The van der Waals surface area contributed by atoms with Crippen molar-refractivity contribution in [3.63, 3.8) is 0 Å². The molecular formula is C14H18N2O8. The largest absolute Gasteiger partial charge is 0.493 e. The van der Waals surface area contributed by atoms with Crippen molar-refractivity contribution in [2.45, 2.75) is 45.3 Å². The third kappa shape index (κ3) is 4.02. The first-order valence-corrected chi connectivity index (χ1v) is 7.13. The average molecular weight is 342 g/mol. The van der Waals surface area contributed by atoms with Crippen LogP contribution in [0, 0.1) is 0 Å². The number of nitrogens with zero attached hydrogens (tertiary/aromatic N) is 2. The van der Waals surface area contributed by atoms with Crippen LogP contribution in [0.2, 0.25) is 0 Å². The second-order valence-electron chi connectivity index (χ2n) is 5.17. The lowest BCUT2D eigenvalue weighted by molar-refractivity contribution is -0.166. The molecule has 2 heterocycles. The molecule has 24 heavy (non-hydrogen) atoms. The van der Waals surface area contributed by atoms with Gasteiger partial charge < -0.3 is 24.1 Å². The van der Waals surface area contributed by atoms with Crippen LogP contribution in [0.4, 0.5) is 0 Å². The number of aromatic nitrogens is 2. The van der Waals surface area contributed by atoms with Crippen LogP contribution < -0.4 is 0 Å². The molecule has 10 heteroatoms. The van der Waals surface area contributed by atoms with Crippen LogP contribution in [-0.4, -0.2) is 57.5 Å². The quantitative estimate of drug-likeness (QED) is 0.577. The van der Waals surface area contributed by atoms with Crippen molar-refractivity contribution in [2.24, 2.45) is 0 Å².